The van der Waals surface area contributed by atoms with Gasteiger partial charge in [-0.15, -0.1) is 0 Å². The first-order chi connectivity index (χ1) is 12.6. The van der Waals surface area contributed by atoms with Crippen molar-refractivity contribution in [3.63, 3.8) is 0 Å². The summed E-state index contributed by atoms with van der Waals surface area (Å²) in [6.07, 6.45) is 9.57. The van der Waals surface area contributed by atoms with E-state index in [-0.39, 0.29) is 17.5 Å². The maximum Gasteiger partial charge on any atom is 0.360 e. The second kappa shape index (κ2) is 9.12. The van der Waals surface area contributed by atoms with Gasteiger partial charge < -0.3 is 15.3 Å². The lowest BCUT2D eigenvalue weighted by Crippen LogP contribution is -2.45. The molecule has 1 aromatic rings. The molecule has 2 aliphatic rings. The van der Waals surface area contributed by atoms with Crippen LogP contribution in [0.15, 0.2) is 4.63 Å². The summed E-state index contributed by atoms with van der Waals surface area (Å²) >= 11 is 0. The van der Waals surface area contributed by atoms with Gasteiger partial charge in [0.2, 0.25) is 11.6 Å². The fraction of sp³-hybridized carbons (Fsp3) is 0.778. The van der Waals surface area contributed by atoms with Crippen LogP contribution in [0.5, 0.6) is 0 Å². The summed E-state index contributed by atoms with van der Waals surface area (Å²) in [5, 5.41) is 18.9. The Bertz CT molecular complexity index is 604. The number of amides is 1. The SMILES string of the molecule is O=C(O)c1nonc1CCCNC(=O)C1CCN(C2CCCCC2)CC1. The van der Waals surface area contributed by atoms with Crippen LogP contribution in [0.25, 0.3) is 0 Å². The van der Waals surface area contributed by atoms with Crippen LogP contribution in [0.1, 0.15) is 67.5 Å². The zero-order valence-electron chi connectivity index (χ0n) is 15.2. The monoisotopic (exact) mass is 364 g/mol. The maximum absolute atomic E-state index is 12.3. The largest absolute Gasteiger partial charge is 0.476 e. The van der Waals surface area contributed by atoms with Crippen LogP contribution < -0.4 is 5.32 Å². The Morgan fingerprint density at radius 2 is 1.85 bits per heavy atom. The molecule has 3 rings (SSSR count). The maximum atomic E-state index is 12.3. The molecule has 1 aliphatic carbocycles. The van der Waals surface area contributed by atoms with E-state index in [0.29, 0.717) is 25.1 Å². The molecule has 144 valence electrons. The van der Waals surface area contributed by atoms with Gasteiger partial charge in [0.25, 0.3) is 0 Å². The molecule has 1 amide bonds. The first-order valence-electron chi connectivity index (χ1n) is 9.71. The topological polar surface area (TPSA) is 109 Å². The molecule has 0 radical (unpaired) electrons. The summed E-state index contributed by atoms with van der Waals surface area (Å²) in [6.45, 7) is 2.55. The zero-order valence-corrected chi connectivity index (χ0v) is 15.2. The van der Waals surface area contributed by atoms with Crippen molar-refractivity contribution in [2.24, 2.45) is 5.92 Å². The third-order valence-corrected chi connectivity index (χ3v) is 5.64. The van der Waals surface area contributed by atoms with E-state index >= 15 is 0 Å². The van der Waals surface area contributed by atoms with Crippen molar-refractivity contribution in [2.75, 3.05) is 19.6 Å². The van der Waals surface area contributed by atoms with E-state index < -0.39 is 5.97 Å². The number of likely N-dealkylation sites (tertiary alicyclic amines) is 1. The van der Waals surface area contributed by atoms with Gasteiger partial charge in [-0.1, -0.05) is 24.4 Å². The minimum absolute atomic E-state index is 0.0955. The normalized spacial score (nSPS) is 20.2. The Labute approximate surface area is 153 Å². The molecule has 0 aromatic carbocycles. The second-order valence-electron chi connectivity index (χ2n) is 7.36. The first kappa shape index (κ1) is 18.8. The van der Waals surface area contributed by atoms with Crippen molar-refractivity contribution in [3.8, 4) is 0 Å². The van der Waals surface area contributed by atoms with Crippen molar-refractivity contribution >= 4 is 11.9 Å². The van der Waals surface area contributed by atoms with E-state index in [2.05, 4.69) is 25.2 Å². The number of rotatable bonds is 7. The number of hydrogen-bond donors (Lipinski definition) is 2. The molecular weight excluding hydrogens is 336 g/mol. The molecular formula is C18H28N4O4. The summed E-state index contributed by atoms with van der Waals surface area (Å²) in [6, 6.07) is 0.729. The predicted molar refractivity (Wildman–Crippen MR) is 93.8 cm³/mol. The fourth-order valence-corrected chi connectivity index (χ4v) is 4.12. The number of nitrogens with zero attached hydrogens (tertiary/aromatic N) is 3. The van der Waals surface area contributed by atoms with Gasteiger partial charge in [-0.25, -0.2) is 9.42 Å². The molecule has 0 spiro atoms. The quantitative estimate of drug-likeness (QED) is 0.711. The van der Waals surface area contributed by atoms with Crippen LogP contribution in [0, 0.1) is 5.92 Å². The molecule has 8 nitrogen and oxygen atoms in total. The standard InChI is InChI=1S/C18H28N4O4/c23-17(19-10-4-7-15-16(18(24)25)21-26-20-15)13-8-11-22(12-9-13)14-5-2-1-3-6-14/h13-14H,1-12H2,(H,19,23)(H,24,25). The van der Waals surface area contributed by atoms with Crippen LogP contribution in [-0.2, 0) is 11.2 Å². The number of carbonyl (C=O) groups excluding carboxylic acids is 1. The number of aryl methyl sites for hydroxylation is 1. The molecule has 2 fully saturated rings. The number of carboxylic acids is 1. The molecule has 1 saturated carbocycles. The van der Waals surface area contributed by atoms with E-state index in [4.69, 9.17) is 5.11 Å². The molecule has 1 aliphatic heterocycles. The Morgan fingerprint density at radius 1 is 1.12 bits per heavy atom. The number of piperidine rings is 1. The zero-order chi connectivity index (χ0) is 18.4. The lowest BCUT2D eigenvalue weighted by molar-refractivity contribution is -0.126. The molecule has 0 unspecified atom stereocenters. The summed E-state index contributed by atoms with van der Waals surface area (Å²) in [5.41, 5.74) is 0.180. The fourth-order valence-electron chi connectivity index (χ4n) is 4.12. The van der Waals surface area contributed by atoms with Gasteiger partial charge >= 0.3 is 5.97 Å². The molecule has 8 heteroatoms. The first-order valence-corrected chi connectivity index (χ1v) is 9.71. The van der Waals surface area contributed by atoms with Crippen LogP contribution in [0.3, 0.4) is 0 Å². The predicted octanol–water partition coefficient (Wildman–Crippen LogP) is 1.86. The van der Waals surface area contributed by atoms with Crippen molar-refractivity contribution in [1.82, 2.24) is 20.5 Å². The molecule has 0 atom stereocenters. The van der Waals surface area contributed by atoms with E-state index in [1.807, 2.05) is 0 Å². The highest BCUT2D eigenvalue weighted by molar-refractivity contribution is 5.86. The number of aromatic carboxylic acids is 1. The number of carbonyl (C=O) groups is 2. The molecule has 0 bridgehead atoms. The van der Waals surface area contributed by atoms with Gasteiger partial charge in [0.1, 0.15) is 5.69 Å². The van der Waals surface area contributed by atoms with E-state index in [9.17, 15) is 9.59 Å². The molecule has 2 heterocycles. The van der Waals surface area contributed by atoms with Crippen LogP contribution in [0.2, 0.25) is 0 Å². The summed E-state index contributed by atoms with van der Waals surface area (Å²) in [7, 11) is 0. The van der Waals surface area contributed by atoms with Crippen molar-refractivity contribution in [3.05, 3.63) is 11.4 Å². The Hall–Kier alpha value is -1.96. The molecule has 1 saturated heterocycles. The Balaban J connectivity index is 1.34. The van der Waals surface area contributed by atoms with Crippen LogP contribution in [-0.4, -0.2) is 57.9 Å². The smallest absolute Gasteiger partial charge is 0.360 e. The summed E-state index contributed by atoms with van der Waals surface area (Å²) in [4.78, 5) is 25.9. The third-order valence-electron chi connectivity index (χ3n) is 5.64. The van der Waals surface area contributed by atoms with Gasteiger partial charge in [0.15, 0.2) is 0 Å². The lowest BCUT2D eigenvalue weighted by atomic mass is 9.90. The van der Waals surface area contributed by atoms with Crippen LogP contribution >= 0.6 is 0 Å². The average molecular weight is 364 g/mol. The summed E-state index contributed by atoms with van der Waals surface area (Å²) in [5.74, 6) is -0.932. The number of carboxylic acid groups (broad SMARTS) is 1. The van der Waals surface area contributed by atoms with E-state index in [1.165, 1.54) is 32.1 Å². The highest BCUT2D eigenvalue weighted by Gasteiger charge is 2.29. The number of hydrogen-bond acceptors (Lipinski definition) is 6. The number of nitrogens with one attached hydrogen (secondary N) is 1. The molecule has 26 heavy (non-hydrogen) atoms. The van der Waals surface area contributed by atoms with Crippen molar-refractivity contribution in [1.29, 1.82) is 0 Å². The minimum atomic E-state index is -1.14. The van der Waals surface area contributed by atoms with Gasteiger partial charge in [-0.2, -0.15) is 0 Å². The Kier molecular flexibility index (Phi) is 6.60. The highest BCUT2D eigenvalue weighted by atomic mass is 16.6. The summed E-state index contributed by atoms with van der Waals surface area (Å²) < 4.78 is 4.47. The van der Waals surface area contributed by atoms with E-state index in [0.717, 1.165) is 32.0 Å². The van der Waals surface area contributed by atoms with Crippen molar-refractivity contribution in [2.45, 2.75) is 63.8 Å². The van der Waals surface area contributed by atoms with Gasteiger partial charge in [-0.3, -0.25) is 4.79 Å². The van der Waals surface area contributed by atoms with Gasteiger partial charge in [0.05, 0.1) is 0 Å². The van der Waals surface area contributed by atoms with Crippen molar-refractivity contribution < 1.29 is 19.3 Å². The second-order valence-corrected chi connectivity index (χ2v) is 7.36. The Morgan fingerprint density at radius 3 is 2.54 bits per heavy atom. The van der Waals surface area contributed by atoms with E-state index in [1.54, 1.807) is 0 Å². The average Bonchev–Trinajstić information content (AvgIpc) is 3.15. The van der Waals surface area contributed by atoms with Gasteiger partial charge in [0, 0.05) is 18.5 Å². The lowest BCUT2D eigenvalue weighted by Gasteiger charge is -2.38. The number of aromatic nitrogens is 2. The molecule has 1 aromatic heterocycles. The minimum Gasteiger partial charge on any atom is -0.476 e. The third kappa shape index (κ3) is 4.81. The van der Waals surface area contributed by atoms with Gasteiger partial charge in [-0.05, 0) is 56.8 Å². The molecule has 2 N–H and O–H groups in total. The van der Waals surface area contributed by atoms with Crippen LogP contribution in [0.4, 0.5) is 0 Å². The highest BCUT2D eigenvalue weighted by Crippen LogP contribution is 2.27.